The maximum atomic E-state index is 13.7. The molecule has 2 saturated heterocycles. The zero-order valence-corrected chi connectivity index (χ0v) is 22.0. The minimum absolute atomic E-state index is 0.00177. The van der Waals surface area contributed by atoms with E-state index in [0.717, 1.165) is 31.4 Å². The van der Waals surface area contributed by atoms with Crippen molar-refractivity contribution in [3.63, 3.8) is 0 Å². The Morgan fingerprint density at radius 3 is 2.28 bits per heavy atom. The molecule has 8 heteroatoms. The van der Waals surface area contributed by atoms with E-state index in [1.165, 1.54) is 6.42 Å². The number of nitrogens with zero attached hydrogens (tertiary/aromatic N) is 3. The molecule has 4 rings (SSSR count). The van der Waals surface area contributed by atoms with E-state index >= 15 is 0 Å². The van der Waals surface area contributed by atoms with Crippen LogP contribution < -0.4 is 10.2 Å². The van der Waals surface area contributed by atoms with Crippen LogP contribution in [0.1, 0.15) is 69.2 Å². The Balaban J connectivity index is 1.46. The van der Waals surface area contributed by atoms with Crippen LogP contribution >= 0.6 is 0 Å². The molecule has 1 unspecified atom stereocenters. The fourth-order valence-electron chi connectivity index (χ4n) is 5.99. The summed E-state index contributed by atoms with van der Waals surface area (Å²) in [5.41, 5.74) is 1.47. The van der Waals surface area contributed by atoms with Crippen molar-refractivity contribution in [2.45, 2.75) is 76.9 Å². The van der Waals surface area contributed by atoms with Crippen molar-refractivity contribution in [1.82, 2.24) is 15.1 Å². The van der Waals surface area contributed by atoms with Crippen LogP contribution in [0.4, 0.5) is 5.69 Å². The van der Waals surface area contributed by atoms with Gasteiger partial charge in [-0.05, 0) is 55.9 Å². The van der Waals surface area contributed by atoms with Gasteiger partial charge in [0.15, 0.2) is 5.78 Å². The molecule has 3 fully saturated rings. The summed E-state index contributed by atoms with van der Waals surface area (Å²) in [4.78, 5) is 58.4. The largest absolute Gasteiger partial charge is 0.378 e. The SMILES string of the molecule is CC(C)CC(NC(=O)c1ccc(N(C)C)cc1)C(=O)N1CC[C@@H]2[C@H]1C(=O)CN2C(=O)C1CCCCC1. The van der Waals surface area contributed by atoms with E-state index < -0.39 is 12.1 Å². The molecule has 3 atom stereocenters. The lowest BCUT2D eigenvalue weighted by molar-refractivity contribution is -0.138. The molecule has 1 aliphatic carbocycles. The summed E-state index contributed by atoms with van der Waals surface area (Å²) >= 11 is 0. The van der Waals surface area contributed by atoms with Gasteiger partial charge in [-0.3, -0.25) is 19.2 Å². The molecule has 2 heterocycles. The van der Waals surface area contributed by atoms with Gasteiger partial charge in [-0.1, -0.05) is 33.1 Å². The third kappa shape index (κ3) is 5.42. The lowest BCUT2D eigenvalue weighted by atomic mass is 9.88. The number of nitrogens with one attached hydrogen (secondary N) is 1. The first-order chi connectivity index (χ1) is 17.2. The normalized spacial score (nSPS) is 23.1. The average molecular weight is 497 g/mol. The van der Waals surface area contributed by atoms with E-state index in [9.17, 15) is 19.2 Å². The van der Waals surface area contributed by atoms with Crippen molar-refractivity contribution in [2.24, 2.45) is 11.8 Å². The van der Waals surface area contributed by atoms with Crippen LogP contribution in [0.15, 0.2) is 24.3 Å². The molecule has 3 aliphatic rings. The number of carbonyl (C=O) groups is 4. The minimum Gasteiger partial charge on any atom is -0.378 e. The average Bonchev–Trinajstić information content (AvgIpc) is 3.44. The molecule has 1 aromatic rings. The van der Waals surface area contributed by atoms with Gasteiger partial charge in [0, 0.05) is 37.8 Å². The van der Waals surface area contributed by atoms with Gasteiger partial charge in [0.1, 0.15) is 12.1 Å². The molecule has 8 nitrogen and oxygen atoms in total. The number of amides is 3. The van der Waals surface area contributed by atoms with E-state index in [0.29, 0.717) is 24.9 Å². The number of Topliss-reactive ketones (excluding diaryl/α,β-unsaturated/α-hetero) is 1. The highest BCUT2D eigenvalue weighted by Gasteiger charge is 2.52. The number of hydrogen-bond donors (Lipinski definition) is 1. The van der Waals surface area contributed by atoms with E-state index in [-0.39, 0.29) is 47.9 Å². The molecule has 196 valence electrons. The highest BCUT2D eigenvalue weighted by molar-refractivity contribution is 6.01. The van der Waals surface area contributed by atoms with E-state index in [2.05, 4.69) is 5.32 Å². The van der Waals surface area contributed by atoms with E-state index in [1.807, 2.05) is 45.0 Å². The Kier molecular flexibility index (Phi) is 8.00. The summed E-state index contributed by atoms with van der Waals surface area (Å²) in [7, 11) is 3.87. The monoisotopic (exact) mass is 496 g/mol. The second kappa shape index (κ2) is 11.0. The molecule has 2 aliphatic heterocycles. The summed E-state index contributed by atoms with van der Waals surface area (Å²) in [6.45, 7) is 4.54. The third-order valence-electron chi connectivity index (χ3n) is 7.90. The van der Waals surface area contributed by atoms with Crippen molar-refractivity contribution in [2.75, 3.05) is 32.1 Å². The van der Waals surface area contributed by atoms with Gasteiger partial charge in [0.2, 0.25) is 11.8 Å². The van der Waals surface area contributed by atoms with Crippen LogP contribution in [0.25, 0.3) is 0 Å². The molecule has 1 saturated carbocycles. The maximum absolute atomic E-state index is 13.7. The fourth-order valence-corrected chi connectivity index (χ4v) is 5.99. The number of fused-ring (bicyclic) bond motifs is 1. The van der Waals surface area contributed by atoms with Crippen molar-refractivity contribution in [3.8, 4) is 0 Å². The Hall–Kier alpha value is -2.90. The van der Waals surface area contributed by atoms with Crippen LogP contribution in [0, 0.1) is 11.8 Å². The Morgan fingerprint density at radius 1 is 1.00 bits per heavy atom. The van der Waals surface area contributed by atoms with Crippen LogP contribution in [-0.4, -0.2) is 78.6 Å². The fraction of sp³-hybridized carbons (Fsp3) is 0.643. The zero-order valence-electron chi connectivity index (χ0n) is 22.0. The Bertz CT molecular complexity index is 984. The molecule has 0 radical (unpaired) electrons. The first-order valence-corrected chi connectivity index (χ1v) is 13.4. The predicted molar refractivity (Wildman–Crippen MR) is 139 cm³/mol. The molecule has 0 aromatic heterocycles. The van der Waals surface area contributed by atoms with E-state index in [4.69, 9.17) is 0 Å². The molecular formula is C28H40N4O4. The quantitative estimate of drug-likeness (QED) is 0.627. The van der Waals surface area contributed by atoms with Gasteiger partial charge in [0.05, 0.1) is 12.6 Å². The second-order valence-corrected chi connectivity index (χ2v) is 11.2. The van der Waals surface area contributed by atoms with Crippen molar-refractivity contribution in [1.29, 1.82) is 0 Å². The van der Waals surface area contributed by atoms with Gasteiger partial charge >= 0.3 is 0 Å². The molecule has 0 spiro atoms. The van der Waals surface area contributed by atoms with Crippen LogP contribution in [0.3, 0.4) is 0 Å². The number of rotatable bonds is 7. The number of ketones is 1. The smallest absolute Gasteiger partial charge is 0.251 e. The first-order valence-electron chi connectivity index (χ1n) is 13.4. The van der Waals surface area contributed by atoms with Crippen LogP contribution in [-0.2, 0) is 14.4 Å². The number of carbonyl (C=O) groups excluding carboxylic acids is 4. The number of benzene rings is 1. The zero-order chi connectivity index (χ0) is 26.0. The summed E-state index contributed by atoms with van der Waals surface area (Å²) in [6.07, 6.45) is 6.15. The molecule has 0 bridgehead atoms. The predicted octanol–water partition coefficient (Wildman–Crippen LogP) is 2.86. The van der Waals surface area contributed by atoms with Crippen molar-refractivity contribution >= 4 is 29.2 Å². The van der Waals surface area contributed by atoms with Gasteiger partial charge < -0.3 is 20.0 Å². The van der Waals surface area contributed by atoms with Crippen LogP contribution in [0.5, 0.6) is 0 Å². The topological polar surface area (TPSA) is 90.0 Å². The van der Waals surface area contributed by atoms with Gasteiger partial charge in [-0.15, -0.1) is 0 Å². The lowest BCUT2D eigenvalue weighted by Gasteiger charge is -2.30. The summed E-state index contributed by atoms with van der Waals surface area (Å²) < 4.78 is 0. The number of anilines is 1. The maximum Gasteiger partial charge on any atom is 0.251 e. The van der Waals surface area contributed by atoms with Crippen LogP contribution in [0.2, 0.25) is 0 Å². The summed E-state index contributed by atoms with van der Waals surface area (Å²) in [5.74, 6) is -0.335. The summed E-state index contributed by atoms with van der Waals surface area (Å²) in [5, 5.41) is 2.93. The Morgan fingerprint density at radius 2 is 1.67 bits per heavy atom. The second-order valence-electron chi connectivity index (χ2n) is 11.2. The van der Waals surface area contributed by atoms with Gasteiger partial charge in [0.25, 0.3) is 5.91 Å². The number of hydrogen-bond acceptors (Lipinski definition) is 5. The van der Waals surface area contributed by atoms with Crippen molar-refractivity contribution in [3.05, 3.63) is 29.8 Å². The first kappa shape index (κ1) is 26.2. The standard InChI is InChI=1S/C28H40N4O4/c1-18(2)16-22(29-26(34)19-10-12-21(13-11-19)30(3)4)28(36)31-15-14-23-25(31)24(33)17-32(23)27(35)20-8-6-5-7-9-20/h10-13,18,20,22-23,25H,5-9,14-17H2,1-4H3,(H,29,34)/t22?,23-,25+/m1/s1. The molecular weight excluding hydrogens is 456 g/mol. The molecule has 1 N–H and O–H groups in total. The summed E-state index contributed by atoms with van der Waals surface area (Å²) in [6, 6.07) is 5.68. The van der Waals surface area contributed by atoms with E-state index in [1.54, 1.807) is 21.9 Å². The van der Waals surface area contributed by atoms with Gasteiger partial charge in [-0.2, -0.15) is 0 Å². The van der Waals surface area contributed by atoms with Crippen molar-refractivity contribution < 1.29 is 19.2 Å². The Labute approximate surface area is 214 Å². The molecule has 3 amide bonds. The van der Waals surface area contributed by atoms with Gasteiger partial charge in [-0.25, -0.2) is 0 Å². The minimum atomic E-state index is -0.722. The number of likely N-dealkylation sites (tertiary alicyclic amines) is 2. The molecule has 36 heavy (non-hydrogen) atoms. The molecule has 1 aromatic carbocycles. The highest BCUT2D eigenvalue weighted by atomic mass is 16.2. The lowest BCUT2D eigenvalue weighted by Crippen LogP contribution is -2.53. The highest BCUT2D eigenvalue weighted by Crippen LogP contribution is 2.34. The third-order valence-corrected chi connectivity index (χ3v) is 7.90.